The summed E-state index contributed by atoms with van der Waals surface area (Å²) >= 11 is 0. The van der Waals surface area contributed by atoms with E-state index in [2.05, 4.69) is 33.6 Å². The zero-order chi connectivity index (χ0) is 37.5. The Morgan fingerprint density at radius 1 is 0.604 bits per heavy atom. The molecule has 0 saturated heterocycles. The quantitative estimate of drug-likeness (QED) is 0.0606. The van der Waals surface area contributed by atoms with Crippen LogP contribution in [0.25, 0.3) is 33.4 Å². The average Bonchev–Trinajstić information content (AvgIpc) is 3.78. The Kier molecular flexibility index (Phi) is 11.3. The van der Waals surface area contributed by atoms with Gasteiger partial charge < -0.3 is 19.7 Å². The van der Waals surface area contributed by atoms with Gasteiger partial charge in [-0.2, -0.15) is 0 Å². The average molecular weight is 715 g/mol. The van der Waals surface area contributed by atoms with Crippen molar-refractivity contribution < 1.29 is 29.3 Å². The van der Waals surface area contributed by atoms with E-state index >= 15 is 0 Å². The minimum absolute atomic E-state index is 0.0157. The molecule has 0 radical (unpaired) electrons. The Balaban J connectivity index is 1.33. The topological polar surface area (TPSA) is 154 Å². The molecule has 2 heterocycles. The van der Waals surface area contributed by atoms with E-state index < -0.39 is 11.9 Å². The van der Waals surface area contributed by atoms with Crippen LogP contribution in [0, 0.1) is 0 Å². The van der Waals surface area contributed by atoms with Crippen LogP contribution in [0.4, 0.5) is 0 Å². The Morgan fingerprint density at radius 3 is 1.30 bits per heavy atom. The van der Waals surface area contributed by atoms with E-state index in [0.717, 1.165) is 11.1 Å². The zero-order valence-electron chi connectivity index (χ0n) is 29.9. The van der Waals surface area contributed by atoms with Crippen LogP contribution in [0.2, 0.25) is 0 Å². The standard InChI is InChI=1S/C41H42N6O6/c1-26(2)40(50)52-19-11-9-13-28-21-30(38(48)36(23-28)46-42-32-15-5-6-16-33(32)43-46)25-31-22-29(14-10-12-20-53-41(51)27(3)4)24-37(39(31)49)47-44-34-17-7-8-18-35(34)45-47/h5-8,15-18,21-24,48-49H,1,3,9-14,19-20,25H2,2,4H3. The molecule has 12 heteroatoms. The van der Waals surface area contributed by atoms with Gasteiger partial charge in [0.2, 0.25) is 0 Å². The maximum Gasteiger partial charge on any atom is 0.333 e. The van der Waals surface area contributed by atoms with E-state index in [4.69, 9.17) is 9.47 Å². The Labute approximate surface area is 307 Å². The fourth-order valence-corrected chi connectivity index (χ4v) is 5.93. The Bertz CT molecular complexity index is 2100. The molecule has 53 heavy (non-hydrogen) atoms. The van der Waals surface area contributed by atoms with E-state index in [1.54, 1.807) is 13.8 Å². The first kappa shape index (κ1) is 36.5. The number of esters is 2. The largest absolute Gasteiger partial charge is 0.505 e. The Hall–Kier alpha value is -6.30. The number of aromatic hydroxyl groups is 2. The number of hydrogen-bond acceptors (Lipinski definition) is 10. The molecule has 4 aromatic carbocycles. The molecule has 272 valence electrons. The van der Waals surface area contributed by atoms with Crippen LogP contribution in [0.5, 0.6) is 11.5 Å². The number of carbonyl (C=O) groups excluding carboxylic acids is 2. The molecule has 0 saturated carbocycles. The second-order valence-corrected chi connectivity index (χ2v) is 13.1. The minimum atomic E-state index is -0.415. The number of aromatic nitrogens is 6. The van der Waals surface area contributed by atoms with Crippen LogP contribution in [0.1, 0.15) is 61.8 Å². The van der Waals surface area contributed by atoms with E-state index in [-0.39, 0.29) is 31.1 Å². The van der Waals surface area contributed by atoms with Crippen molar-refractivity contribution in [2.24, 2.45) is 0 Å². The number of phenolic OH excluding ortho intramolecular Hbond substituents is 2. The third-order valence-corrected chi connectivity index (χ3v) is 8.72. The zero-order valence-corrected chi connectivity index (χ0v) is 29.9. The molecule has 0 amide bonds. The minimum Gasteiger partial charge on any atom is -0.505 e. The molecule has 0 bridgehead atoms. The maximum atomic E-state index is 11.8. The van der Waals surface area contributed by atoms with Gasteiger partial charge in [0.1, 0.15) is 44.9 Å². The third-order valence-electron chi connectivity index (χ3n) is 8.72. The van der Waals surface area contributed by atoms with Gasteiger partial charge in [0.25, 0.3) is 0 Å². The first-order valence-corrected chi connectivity index (χ1v) is 17.6. The fraction of sp³-hybridized carbons (Fsp3) is 0.268. The van der Waals surface area contributed by atoms with Gasteiger partial charge in [-0.25, -0.2) is 9.59 Å². The highest BCUT2D eigenvalue weighted by Gasteiger charge is 2.20. The van der Waals surface area contributed by atoms with Crippen molar-refractivity contribution in [1.29, 1.82) is 0 Å². The van der Waals surface area contributed by atoms with Crippen molar-refractivity contribution in [2.75, 3.05) is 13.2 Å². The van der Waals surface area contributed by atoms with Crippen molar-refractivity contribution in [3.05, 3.63) is 119 Å². The molecule has 0 unspecified atom stereocenters. The van der Waals surface area contributed by atoms with Crippen molar-refractivity contribution in [2.45, 2.75) is 58.8 Å². The lowest BCUT2D eigenvalue weighted by atomic mass is 9.95. The van der Waals surface area contributed by atoms with E-state index in [1.807, 2.05) is 72.8 Å². The molecule has 0 fully saturated rings. The highest BCUT2D eigenvalue weighted by molar-refractivity contribution is 5.87. The second-order valence-electron chi connectivity index (χ2n) is 13.1. The number of phenols is 2. The predicted octanol–water partition coefficient (Wildman–Crippen LogP) is 7.04. The van der Waals surface area contributed by atoms with E-state index in [9.17, 15) is 19.8 Å². The third kappa shape index (κ3) is 8.78. The summed E-state index contributed by atoms with van der Waals surface area (Å²) in [5.74, 6) is -0.861. The molecule has 0 atom stereocenters. The molecule has 6 rings (SSSR count). The van der Waals surface area contributed by atoms with Crippen molar-refractivity contribution >= 4 is 34.0 Å². The number of carbonyl (C=O) groups is 2. The van der Waals surface area contributed by atoms with Crippen LogP contribution in [-0.4, -0.2) is 65.4 Å². The highest BCUT2D eigenvalue weighted by Crippen LogP contribution is 2.35. The molecule has 2 aromatic heterocycles. The van der Waals surface area contributed by atoms with Gasteiger partial charge in [0.05, 0.1) is 13.2 Å². The van der Waals surface area contributed by atoms with E-state index in [0.29, 0.717) is 94.2 Å². The number of ether oxygens (including phenoxy) is 2. The lowest BCUT2D eigenvalue weighted by molar-refractivity contribution is -0.139. The summed E-state index contributed by atoms with van der Waals surface area (Å²) in [6.07, 6.45) is 4.13. The number of benzene rings is 4. The summed E-state index contributed by atoms with van der Waals surface area (Å²) in [6, 6.07) is 22.5. The predicted molar refractivity (Wildman–Crippen MR) is 201 cm³/mol. The van der Waals surface area contributed by atoms with Gasteiger partial charge in [-0.15, -0.1) is 30.0 Å². The number of hydrogen-bond donors (Lipinski definition) is 2. The lowest BCUT2D eigenvalue weighted by Gasteiger charge is -2.16. The first-order valence-electron chi connectivity index (χ1n) is 17.6. The number of aryl methyl sites for hydroxylation is 2. The number of nitrogens with zero attached hydrogens (tertiary/aromatic N) is 6. The summed E-state index contributed by atoms with van der Waals surface area (Å²) < 4.78 is 10.5. The number of unbranched alkanes of at least 4 members (excludes halogenated alkanes) is 2. The molecule has 12 nitrogen and oxygen atoms in total. The molecule has 2 N–H and O–H groups in total. The summed E-state index contributed by atoms with van der Waals surface area (Å²) in [6.45, 7) is 11.0. The summed E-state index contributed by atoms with van der Waals surface area (Å²) in [5.41, 5.74) is 7.21. The molecule has 0 aliphatic carbocycles. The first-order chi connectivity index (χ1) is 25.6. The molecule has 0 spiro atoms. The van der Waals surface area contributed by atoms with Gasteiger partial charge in [-0.05, 0) is 99.9 Å². The molecular formula is C41H42N6O6. The van der Waals surface area contributed by atoms with Gasteiger partial charge in [0, 0.05) is 28.7 Å². The highest BCUT2D eigenvalue weighted by atomic mass is 16.5. The van der Waals surface area contributed by atoms with Crippen LogP contribution >= 0.6 is 0 Å². The van der Waals surface area contributed by atoms with Crippen LogP contribution in [0.3, 0.4) is 0 Å². The smallest absolute Gasteiger partial charge is 0.333 e. The summed E-state index contributed by atoms with van der Waals surface area (Å²) in [4.78, 5) is 26.5. The Morgan fingerprint density at radius 2 is 0.962 bits per heavy atom. The summed E-state index contributed by atoms with van der Waals surface area (Å²) in [5, 5.41) is 42.1. The van der Waals surface area contributed by atoms with Crippen LogP contribution in [0.15, 0.2) is 97.1 Å². The fourth-order valence-electron chi connectivity index (χ4n) is 5.93. The monoisotopic (exact) mass is 714 g/mol. The number of fused-ring (bicyclic) bond motifs is 2. The van der Waals surface area contributed by atoms with Crippen molar-refractivity contribution in [3.63, 3.8) is 0 Å². The molecule has 6 aromatic rings. The molecule has 0 aliphatic heterocycles. The summed E-state index contributed by atoms with van der Waals surface area (Å²) in [7, 11) is 0. The van der Waals surface area contributed by atoms with Crippen LogP contribution in [-0.2, 0) is 38.3 Å². The molecule has 0 aliphatic rings. The van der Waals surface area contributed by atoms with Gasteiger partial charge in [0.15, 0.2) is 0 Å². The van der Waals surface area contributed by atoms with Crippen molar-refractivity contribution in [3.8, 4) is 22.9 Å². The maximum absolute atomic E-state index is 11.8. The SMILES string of the molecule is C=C(C)C(=O)OCCCCc1cc(Cc2cc(CCCCOC(=O)C(=C)C)cc(-n3nc4ccccc4n3)c2O)c(O)c(-n2nc3ccccc3n2)c1. The van der Waals surface area contributed by atoms with Gasteiger partial charge >= 0.3 is 11.9 Å². The number of rotatable bonds is 16. The van der Waals surface area contributed by atoms with Gasteiger partial charge in [-0.3, -0.25) is 0 Å². The van der Waals surface area contributed by atoms with Crippen LogP contribution < -0.4 is 0 Å². The van der Waals surface area contributed by atoms with E-state index in [1.165, 1.54) is 9.59 Å². The lowest BCUT2D eigenvalue weighted by Crippen LogP contribution is -2.07. The second kappa shape index (κ2) is 16.4. The molecular weight excluding hydrogens is 672 g/mol. The normalized spacial score (nSPS) is 11.2. The van der Waals surface area contributed by atoms with Gasteiger partial charge in [-0.1, -0.05) is 49.6 Å². The van der Waals surface area contributed by atoms with Crippen molar-refractivity contribution in [1.82, 2.24) is 30.0 Å².